The number of rotatable bonds is 5. The molecule has 3 rings (SSSR count). The molecule has 0 spiro atoms. The van der Waals surface area contributed by atoms with E-state index >= 15 is 0 Å². The number of benzene rings is 2. The van der Waals surface area contributed by atoms with Crippen molar-refractivity contribution in [2.75, 3.05) is 0 Å². The van der Waals surface area contributed by atoms with Gasteiger partial charge in [0, 0.05) is 22.2 Å². The highest BCUT2D eigenvalue weighted by Gasteiger charge is 2.15. The number of aromatic amines is 1. The Morgan fingerprint density at radius 1 is 1.22 bits per heavy atom. The van der Waals surface area contributed by atoms with Crippen LogP contribution in [0.25, 0.3) is 17.0 Å². The molecule has 136 valence electrons. The highest BCUT2D eigenvalue weighted by Crippen LogP contribution is 2.24. The van der Waals surface area contributed by atoms with E-state index in [9.17, 15) is 10.1 Å². The number of fused-ring (bicyclic) bond motifs is 1. The maximum Gasteiger partial charge on any atom is 0.262 e. The maximum absolute atomic E-state index is 12.6. The van der Waals surface area contributed by atoms with E-state index < -0.39 is 0 Å². The molecule has 0 saturated heterocycles. The summed E-state index contributed by atoms with van der Waals surface area (Å²) in [6.07, 6.45) is 2.64. The molecule has 0 aliphatic carbocycles. The van der Waals surface area contributed by atoms with Crippen LogP contribution >= 0.6 is 0 Å². The molecule has 0 aliphatic heterocycles. The average Bonchev–Trinajstić information content (AvgIpc) is 3.00. The Hall–Kier alpha value is -3.32. The first-order chi connectivity index (χ1) is 13.0. The van der Waals surface area contributed by atoms with E-state index in [1.165, 1.54) is 5.56 Å². The van der Waals surface area contributed by atoms with Gasteiger partial charge >= 0.3 is 0 Å². The first-order valence-electron chi connectivity index (χ1n) is 9.12. The van der Waals surface area contributed by atoms with Gasteiger partial charge in [0.2, 0.25) is 0 Å². The van der Waals surface area contributed by atoms with Crippen molar-refractivity contribution in [3.63, 3.8) is 0 Å². The fourth-order valence-electron chi connectivity index (χ4n) is 3.18. The number of aromatic nitrogens is 1. The summed E-state index contributed by atoms with van der Waals surface area (Å²) in [4.78, 5) is 15.9. The van der Waals surface area contributed by atoms with Crippen LogP contribution in [0.4, 0.5) is 0 Å². The Kier molecular flexibility index (Phi) is 5.42. The second kappa shape index (κ2) is 7.92. The number of carbonyl (C=O) groups excluding carboxylic acids is 1. The SMILES string of the molecule is CCc1ccc([C@@H](C)NC(=O)/C(C#N)=C\c2c(C)[nH]c3ccccc23)cc1. The highest BCUT2D eigenvalue weighted by molar-refractivity contribution is 6.04. The molecule has 0 radical (unpaired) electrons. The molecule has 1 aromatic heterocycles. The molecule has 1 heterocycles. The number of nitrogens with zero attached hydrogens (tertiary/aromatic N) is 1. The molecule has 1 amide bonds. The van der Waals surface area contributed by atoms with Crippen molar-refractivity contribution in [2.24, 2.45) is 0 Å². The highest BCUT2D eigenvalue weighted by atomic mass is 16.1. The van der Waals surface area contributed by atoms with Gasteiger partial charge in [0.05, 0.1) is 6.04 Å². The molecule has 0 aliphatic rings. The third-order valence-corrected chi connectivity index (χ3v) is 4.83. The largest absolute Gasteiger partial charge is 0.358 e. The van der Waals surface area contributed by atoms with Crippen LogP contribution < -0.4 is 5.32 Å². The third-order valence-electron chi connectivity index (χ3n) is 4.83. The van der Waals surface area contributed by atoms with Gasteiger partial charge in [-0.25, -0.2) is 0 Å². The quantitative estimate of drug-likeness (QED) is 0.507. The smallest absolute Gasteiger partial charge is 0.262 e. The van der Waals surface area contributed by atoms with Crippen LogP contribution in [0.1, 0.15) is 42.3 Å². The number of para-hydroxylation sites is 1. The summed E-state index contributed by atoms with van der Waals surface area (Å²) in [6.45, 7) is 5.97. The number of nitriles is 1. The molecule has 0 saturated carbocycles. The lowest BCUT2D eigenvalue weighted by molar-refractivity contribution is -0.117. The molecule has 0 bridgehead atoms. The van der Waals surface area contributed by atoms with Crippen LogP contribution in [-0.2, 0) is 11.2 Å². The number of hydrogen-bond donors (Lipinski definition) is 2. The lowest BCUT2D eigenvalue weighted by atomic mass is 10.0. The normalized spacial score (nSPS) is 12.6. The summed E-state index contributed by atoms with van der Waals surface area (Å²) in [7, 11) is 0. The maximum atomic E-state index is 12.6. The van der Waals surface area contributed by atoms with Gasteiger partial charge in [-0.2, -0.15) is 5.26 Å². The Morgan fingerprint density at radius 2 is 1.93 bits per heavy atom. The first-order valence-corrected chi connectivity index (χ1v) is 9.12. The summed E-state index contributed by atoms with van der Waals surface area (Å²) < 4.78 is 0. The number of carbonyl (C=O) groups is 1. The molecule has 0 unspecified atom stereocenters. The average molecular weight is 357 g/mol. The molecular weight excluding hydrogens is 334 g/mol. The van der Waals surface area contributed by atoms with E-state index in [0.29, 0.717) is 0 Å². The van der Waals surface area contributed by atoms with E-state index in [1.807, 2.05) is 56.3 Å². The Morgan fingerprint density at radius 3 is 2.59 bits per heavy atom. The van der Waals surface area contributed by atoms with Gasteiger partial charge in [0.25, 0.3) is 5.91 Å². The zero-order chi connectivity index (χ0) is 19.4. The summed E-state index contributed by atoms with van der Waals surface area (Å²) in [5, 5.41) is 13.4. The van der Waals surface area contributed by atoms with E-state index in [-0.39, 0.29) is 17.5 Å². The lowest BCUT2D eigenvalue weighted by Gasteiger charge is -2.14. The van der Waals surface area contributed by atoms with E-state index in [2.05, 4.69) is 29.4 Å². The Balaban J connectivity index is 1.84. The Labute approximate surface area is 159 Å². The topological polar surface area (TPSA) is 68.7 Å². The van der Waals surface area contributed by atoms with Gasteiger partial charge in [-0.3, -0.25) is 4.79 Å². The Bertz CT molecular complexity index is 1040. The van der Waals surface area contributed by atoms with Crippen LogP contribution in [0.5, 0.6) is 0 Å². The van der Waals surface area contributed by atoms with Crippen molar-refractivity contribution in [3.05, 3.63) is 76.5 Å². The third kappa shape index (κ3) is 3.93. The van der Waals surface area contributed by atoms with Gasteiger partial charge in [-0.05, 0) is 43.5 Å². The standard InChI is InChI=1S/C23H23N3O/c1-4-17-9-11-18(12-10-17)15(2)26-23(27)19(14-24)13-21-16(3)25-22-8-6-5-7-20(21)22/h5-13,15,25H,4H2,1-3H3,(H,26,27)/b19-13-/t15-/m1/s1. The number of amides is 1. The molecule has 4 heteroatoms. The van der Waals surface area contributed by atoms with Crippen molar-refractivity contribution in [1.82, 2.24) is 10.3 Å². The molecule has 1 atom stereocenters. The number of hydrogen-bond acceptors (Lipinski definition) is 2. The summed E-state index contributed by atoms with van der Waals surface area (Å²) >= 11 is 0. The minimum absolute atomic E-state index is 0.0971. The second-order valence-electron chi connectivity index (χ2n) is 6.67. The van der Waals surface area contributed by atoms with Gasteiger partial charge in [0.15, 0.2) is 0 Å². The molecule has 27 heavy (non-hydrogen) atoms. The van der Waals surface area contributed by atoms with Crippen molar-refractivity contribution in [1.29, 1.82) is 5.26 Å². The summed E-state index contributed by atoms with van der Waals surface area (Å²) in [6, 6.07) is 17.9. The number of nitrogens with one attached hydrogen (secondary N) is 2. The van der Waals surface area contributed by atoms with E-state index in [0.717, 1.165) is 34.1 Å². The molecule has 2 N–H and O–H groups in total. The van der Waals surface area contributed by atoms with Gasteiger partial charge in [-0.1, -0.05) is 49.4 Å². The molecule has 3 aromatic rings. The molecule has 4 nitrogen and oxygen atoms in total. The fraction of sp³-hybridized carbons (Fsp3) is 0.217. The lowest BCUT2D eigenvalue weighted by Crippen LogP contribution is -2.27. The van der Waals surface area contributed by atoms with Crippen molar-refractivity contribution >= 4 is 22.9 Å². The number of H-pyrrole nitrogens is 1. The molecule has 0 fully saturated rings. The summed E-state index contributed by atoms with van der Waals surface area (Å²) in [5.74, 6) is -0.366. The predicted octanol–water partition coefficient (Wildman–Crippen LogP) is 4.82. The predicted molar refractivity (Wildman–Crippen MR) is 109 cm³/mol. The minimum Gasteiger partial charge on any atom is -0.358 e. The zero-order valence-electron chi connectivity index (χ0n) is 15.8. The van der Waals surface area contributed by atoms with Gasteiger partial charge < -0.3 is 10.3 Å². The first kappa shape index (κ1) is 18.5. The number of aryl methyl sites for hydroxylation is 2. The zero-order valence-corrected chi connectivity index (χ0v) is 15.8. The van der Waals surface area contributed by atoms with E-state index in [4.69, 9.17) is 0 Å². The van der Waals surface area contributed by atoms with Gasteiger partial charge in [0.1, 0.15) is 11.6 Å². The van der Waals surface area contributed by atoms with Crippen molar-refractivity contribution in [2.45, 2.75) is 33.2 Å². The van der Waals surface area contributed by atoms with Crippen LogP contribution in [0.15, 0.2) is 54.1 Å². The minimum atomic E-state index is -0.366. The fourth-order valence-corrected chi connectivity index (χ4v) is 3.18. The van der Waals surface area contributed by atoms with Crippen molar-refractivity contribution in [3.8, 4) is 6.07 Å². The molecular formula is C23H23N3O. The van der Waals surface area contributed by atoms with Crippen LogP contribution in [-0.4, -0.2) is 10.9 Å². The second-order valence-corrected chi connectivity index (χ2v) is 6.67. The van der Waals surface area contributed by atoms with Crippen LogP contribution in [0, 0.1) is 18.3 Å². The van der Waals surface area contributed by atoms with Gasteiger partial charge in [-0.15, -0.1) is 0 Å². The summed E-state index contributed by atoms with van der Waals surface area (Å²) in [5.41, 5.74) is 5.16. The van der Waals surface area contributed by atoms with Crippen molar-refractivity contribution < 1.29 is 4.79 Å². The van der Waals surface area contributed by atoms with Crippen LogP contribution in [0.2, 0.25) is 0 Å². The van der Waals surface area contributed by atoms with E-state index in [1.54, 1.807) is 6.08 Å². The monoisotopic (exact) mass is 357 g/mol. The van der Waals surface area contributed by atoms with Crippen LogP contribution in [0.3, 0.4) is 0 Å². The molecule has 2 aromatic carbocycles.